The van der Waals surface area contributed by atoms with Crippen molar-refractivity contribution in [2.24, 2.45) is 0 Å². The van der Waals surface area contributed by atoms with Crippen LogP contribution < -0.4 is 14.5 Å². The van der Waals surface area contributed by atoms with E-state index in [1.54, 1.807) is 61.7 Å². The van der Waals surface area contributed by atoms with Crippen LogP contribution in [-0.2, 0) is 16.1 Å². The van der Waals surface area contributed by atoms with E-state index in [4.69, 9.17) is 17.0 Å². The van der Waals surface area contributed by atoms with Crippen LogP contribution in [0.25, 0.3) is 5.57 Å². The van der Waals surface area contributed by atoms with Crippen molar-refractivity contribution in [3.8, 4) is 5.75 Å². The van der Waals surface area contributed by atoms with E-state index in [0.717, 1.165) is 11.8 Å². The van der Waals surface area contributed by atoms with E-state index >= 15 is 0 Å². The number of carbonyl (C=O) groups excluding carboxylic acids is 2. The molecule has 0 aliphatic carbocycles. The Morgan fingerprint density at radius 2 is 1.64 bits per heavy atom. The minimum Gasteiger partial charge on any atom is -0.497 e. The third-order valence-corrected chi connectivity index (χ3v) is 6.91. The van der Waals surface area contributed by atoms with Gasteiger partial charge in [0.15, 0.2) is 4.32 Å². The van der Waals surface area contributed by atoms with Gasteiger partial charge in [-0.15, -0.1) is 0 Å². The van der Waals surface area contributed by atoms with E-state index in [2.05, 4.69) is 0 Å². The van der Waals surface area contributed by atoms with Crippen LogP contribution in [0.1, 0.15) is 11.1 Å². The summed E-state index contributed by atoms with van der Waals surface area (Å²) in [5.74, 6) is -0.441. The Kier molecular flexibility index (Phi) is 5.47. The fraction of sp³-hybridized carbons (Fsp3) is 0.0800. The van der Waals surface area contributed by atoms with Gasteiger partial charge in [-0.1, -0.05) is 60.4 Å². The van der Waals surface area contributed by atoms with Gasteiger partial charge in [-0.3, -0.25) is 14.5 Å². The Balaban J connectivity index is 1.56. The van der Waals surface area contributed by atoms with Gasteiger partial charge in [-0.2, -0.15) is 0 Å². The van der Waals surface area contributed by atoms with Crippen LogP contribution in [0.5, 0.6) is 5.75 Å². The van der Waals surface area contributed by atoms with Gasteiger partial charge in [0.05, 0.1) is 35.5 Å². The number of carbonyl (C=O) groups is 2. The van der Waals surface area contributed by atoms with Crippen molar-refractivity contribution in [1.82, 2.24) is 0 Å². The van der Waals surface area contributed by atoms with Gasteiger partial charge >= 0.3 is 0 Å². The van der Waals surface area contributed by atoms with Crippen LogP contribution in [0, 0.1) is 5.82 Å². The molecule has 3 aromatic carbocycles. The van der Waals surface area contributed by atoms with Crippen molar-refractivity contribution >= 4 is 57.1 Å². The first-order chi connectivity index (χ1) is 16.0. The number of rotatable bonds is 4. The number of fused-ring (bicyclic) bond motifs is 1. The summed E-state index contributed by atoms with van der Waals surface area (Å²) >= 11 is 6.59. The minimum absolute atomic E-state index is 0.0603. The van der Waals surface area contributed by atoms with E-state index in [1.807, 2.05) is 12.1 Å². The first-order valence-electron chi connectivity index (χ1n) is 10.1. The van der Waals surface area contributed by atoms with Crippen molar-refractivity contribution in [2.45, 2.75) is 6.54 Å². The standard InChI is InChI=1S/C25H17FN2O3S2/c1-31-17-12-10-16(11-13-17)28-24(30)22(33-25(28)32)21-18-7-3-5-9-20(18)27(23(21)29)14-15-6-2-4-8-19(15)26/h2-13H,14H2,1H3/b22-21-. The van der Waals surface area contributed by atoms with Crippen LogP contribution in [0.3, 0.4) is 0 Å². The predicted molar refractivity (Wildman–Crippen MR) is 132 cm³/mol. The van der Waals surface area contributed by atoms with Crippen molar-refractivity contribution < 1.29 is 18.7 Å². The Morgan fingerprint density at radius 1 is 0.939 bits per heavy atom. The maximum Gasteiger partial charge on any atom is 0.271 e. The lowest BCUT2D eigenvalue weighted by Gasteiger charge is -2.17. The molecule has 0 unspecified atom stereocenters. The van der Waals surface area contributed by atoms with Crippen molar-refractivity contribution in [3.05, 3.63) is 94.6 Å². The highest BCUT2D eigenvalue weighted by Gasteiger charge is 2.42. The molecule has 164 valence electrons. The summed E-state index contributed by atoms with van der Waals surface area (Å²) in [6.07, 6.45) is 0. The van der Waals surface area contributed by atoms with E-state index in [0.29, 0.717) is 32.6 Å². The fourth-order valence-electron chi connectivity index (χ4n) is 3.93. The fourth-order valence-corrected chi connectivity index (χ4v) is 5.30. The van der Waals surface area contributed by atoms with Crippen LogP contribution in [0.15, 0.2) is 77.7 Å². The number of hydrogen-bond acceptors (Lipinski definition) is 5. The molecule has 33 heavy (non-hydrogen) atoms. The zero-order valence-corrected chi connectivity index (χ0v) is 19.1. The van der Waals surface area contributed by atoms with Crippen molar-refractivity contribution in [2.75, 3.05) is 16.9 Å². The highest BCUT2D eigenvalue weighted by atomic mass is 32.2. The van der Waals surface area contributed by atoms with Gasteiger partial charge in [0.1, 0.15) is 11.6 Å². The second-order valence-electron chi connectivity index (χ2n) is 7.41. The molecule has 2 aliphatic heterocycles. The predicted octanol–water partition coefficient (Wildman–Crippen LogP) is 5.16. The van der Waals surface area contributed by atoms with Gasteiger partial charge in [0.2, 0.25) is 0 Å². The largest absolute Gasteiger partial charge is 0.497 e. The quantitative estimate of drug-likeness (QED) is 0.385. The summed E-state index contributed by atoms with van der Waals surface area (Å²) in [4.78, 5) is 30.2. The summed E-state index contributed by atoms with van der Waals surface area (Å²) in [6.45, 7) is 0.0603. The maximum atomic E-state index is 14.3. The molecule has 0 N–H and O–H groups in total. The molecule has 2 heterocycles. The molecular formula is C25H17FN2O3S2. The summed E-state index contributed by atoms with van der Waals surface area (Å²) < 4.78 is 19.8. The lowest BCUT2D eigenvalue weighted by molar-refractivity contribution is -0.115. The van der Waals surface area contributed by atoms with E-state index in [-0.39, 0.29) is 34.7 Å². The number of methoxy groups -OCH3 is 1. The smallest absolute Gasteiger partial charge is 0.271 e. The summed E-state index contributed by atoms with van der Waals surface area (Å²) in [5, 5.41) is 0. The second kappa shape index (κ2) is 8.46. The number of para-hydroxylation sites is 1. The third kappa shape index (κ3) is 3.61. The van der Waals surface area contributed by atoms with Gasteiger partial charge < -0.3 is 9.64 Å². The summed E-state index contributed by atoms with van der Waals surface area (Å²) in [6, 6.07) is 20.5. The van der Waals surface area contributed by atoms with Gasteiger partial charge in [0, 0.05) is 11.1 Å². The monoisotopic (exact) mass is 476 g/mol. The van der Waals surface area contributed by atoms with E-state index in [9.17, 15) is 14.0 Å². The SMILES string of the molecule is COc1ccc(N2C(=O)/C(=C3/C(=O)N(Cc4ccccc4F)c4ccccc43)SC2=S)cc1. The number of amides is 2. The van der Waals surface area contributed by atoms with Gasteiger partial charge in [-0.05, 0) is 36.4 Å². The Hall–Kier alpha value is -3.49. The van der Waals surface area contributed by atoms with Crippen LogP contribution in [-0.4, -0.2) is 23.2 Å². The van der Waals surface area contributed by atoms with E-state index in [1.165, 1.54) is 15.9 Å². The average Bonchev–Trinajstić information content (AvgIpc) is 3.27. The molecule has 0 atom stereocenters. The zero-order chi connectivity index (χ0) is 23.1. The van der Waals surface area contributed by atoms with Crippen molar-refractivity contribution in [3.63, 3.8) is 0 Å². The first-order valence-corrected chi connectivity index (χ1v) is 11.3. The normalized spacial score (nSPS) is 17.7. The van der Waals surface area contributed by atoms with Crippen LogP contribution in [0.2, 0.25) is 0 Å². The number of anilines is 2. The van der Waals surface area contributed by atoms with Gasteiger partial charge in [0.25, 0.3) is 11.8 Å². The summed E-state index contributed by atoms with van der Waals surface area (Å²) in [5.41, 5.74) is 2.54. The number of nitrogens with zero attached hydrogens (tertiary/aromatic N) is 2. The molecular weight excluding hydrogens is 459 g/mol. The Labute approximate surface area is 199 Å². The molecule has 2 aliphatic rings. The number of thioether (sulfide) groups is 1. The van der Waals surface area contributed by atoms with Gasteiger partial charge in [-0.25, -0.2) is 4.39 Å². The highest BCUT2D eigenvalue weighted by Crippen LogP contribution is 2.46. The molecule has 2 amide bonds. The lowest BCUT2D eigenvalue weighted by Crippen LogP contribution is -2.29. The molecule has 3 aromatic rings. The van der Waals surface area contributed by atoms with E-state index < -0.39 is 0 Å². The molecule has 1 fully saturated rings. The lowest BCUT2D eigenvalue weighted by atomic mass is 10.1. The Morgan fingerprint density at radius 3 is 2.36 bits per heavy atom. The number of ether oxygens (including phenoxy) is 1. The molecule has 5 nitrogen and oxygen atoms in total. The highest BCUT2D eigenvalue weighted by molar-refractivity contribution is 8.27. The maximum absolute atomic E-state index is 14.3. The molecule has 0 aromatic heterocycles. The number of thiocarbonyl (C=S) groups is 1. The number of halogens is 1. The summed E-state index contributed by atoms with van der Waals surface area (Å²) in [7, 11) is 1.56. The molecule has 0 spiro atoms. The average molecular weight is 477 g/mol. The zero-order valence-electron chi connectivity index (χ0n) is 17.4. The number of benzene rings is 3. The molecule has 0 saturated carbocycles. The molecule has 0 radical (unpaired) electrons. The topological polar surface area (TPSA) is 49.9 Å². The third-order valence-electron chi connectivity index (χ3n) is 5.54. The van der Waals surface area contributed by atoms with Crippen LogP contribution >= 0.6 is 24.0 Å². The number of hydrogen-bond donors (Lipinski definition) is 0. The minimum atomic E-state index is -0.387. The molecule has 8 heteroatoms. The molecule has 5 rings (SSSR count). The first kappa shape index (κ1) is 21.4. The second-order valence-corrected chi connectivity index (χ2v) is 9.05. The molecule has 1 saturated heterocycles. The van der Waals surface area contributed by atoms with Crippen molar-refractivity contribution in [1.29, 1.82) is 0 Å². The Bertz CT molecular complexity index is 1340. The molecule has 0 bridgehead atoms. The van der Waals surface area contributed by atoms with Crippen LogP contribution in [0.4, 0.5) is 15.8 Å².